The maximum atomic E-state index is 13.0. The van der Waals surface area contributed by atoms with E-state index in [1.165, 1.54) is 13.0 Å². The minimum atomic E-state index is -2.68. The molecule has 0 saturated heterocycles. The van der Waals surface area contributed by atoms with Crippen molar-refractivity contribution in [2.75, 3.05) is 5.73 Å². The van der Waals surface area contributed by atoms with Crippen molar-refractivity contribution in [1.82, 2.24) is 9.55 Å². The second kappa shape index (κ2) is 4.80. The van der Waals surface area contributed by atoms with Crippen LogP contribution >= 0.6 is 0 Å². The largest absolute Gasteiger partial charge is 0.398 e. The first-order valence-electron chi connectivity index (χ1n) is 8.76. The highest BCUT2D eigenvalue weighted by Gasteiger charge is 2.30. The lowest BCUT2D eigenvalue weighted by Gasteiger charge is -2.24. The van der Waals surface area contributed by atoms with E-state index in [0.717, 1.165) is 0 Å². The lowest BCUT2D eigenvalue weighted by atomic mass is 9.92. The molecule has 1 aromatic heterocycles. The van der Waals surface area contributed by atoms with Crippen LogP contribution < -0.4 is 11.3 Å². The zero-order valence-electron chi connectivity index (χ0n) is 16.2. The lowest BCUT2D eigenvalue weighted by Crippen LogP contribution is -2.36. The molecule has 0 amide bonds. The third-order valence-electron chi connectivity index (χ3n) is 3.26. The van der Waals surface area contributed by atoms with Gasteiger partial charge in [-0.2, -0.15) is 0 Å². The molecule has 1 atom stereocenters. The van der Waals surface area contributed by atoms with Gasteiger partial charge >= 0.3 is 0 Å². The molecule has 0 radical (unpaired) electrons. The predicted molar refractivity (Wildman–Crippen MR) is 78.1 cm³/mol. The third-order valence-corrected chi connectivity index (χ3v) is 3.26. The van der Waals surface area contributed by atoms with Gasteiger partial charge in [-0.1, -0.05) is 6.04 Å². The van der Waals surface area contributed by atoms with E-state index >= 15 is 0 Å². The number of aromatic nitrogens is 2. The van der Waals surface area contributed by atoms with E-state index in [1.54, 1.807) is 0 Å². The first-order valence-corrected chi connectivity index (χ1v) is 6.26. The van der Waals surface area contributed by atoms with Gasteiger partial charge in [-0.3, -0.25) is 19.0 Å². The number of hydrogen-bond donors (Lipinski definition) is 1. The Morgan fingerprint density at radius 3 is 3.00 bits per heavy atom. The monoisotopic (exact) mass is 290 g/mol. The summed E-state index contributed by atoms with van der Waals surface area (Å²) in [7, 11) is 0. The maximum Gasteiger partial charge on any atom is 0.264 e. The molecule has 3 rings (SSSR count). The molecule has 0 aliphatic heterocycles. The highest BCUT2D eigenvalue weighted by atomic mass is 16.2. The number of rotatable bonds is 1. The summed E-state index contributed by atoms with van der Waals surface area (Å²) in [5.74, 6) is -1.82. The molecule has 1 aliphatic rings. The Morgan fingerprint density at radius 1 is 1.52 bits per heavy atom. The summed E-state index contributed by atoms with van der Waals surface area (Å²) in [6.07, 6.45) is -3.97. The molecule has 6 heteroatoms. The zero-order chi connectivity index (χ0) is 19.6. The number of ketones is 2. The first kappa shape index (κ1) is 8.71. The van der Waals surface area contributed by atoms with E-state index in [4.69, 9.17) is 12.6 Å². The maximum absolute atomic E-state index is 13.0. The number of hydrogen-bond acceptors (Lipinski definition) is 5. The summed E-state index contributed by atoms with van der Waals surface area (Å²) in [6, 6.07) is -2.16. The fraction of sp³-hybridized carbons (Fsp3) is 0.333. The van der Waals surface area contributed by atoms with Gasteiger partial charge in [-0.05, 0) is 25.4 Å². The smallest absolute Gasteiger partial charge is 0.264 e. The van der Waals surface area contributed by atoms with Crippen molar-refractivity contribution >= 4 is 28.2 Å². The number of benzene rings is 1. The highest BCUT2D eigenvalue weighted by Crippen LogP contribution is 2.24. The van der Waals surface area contributed by atoms with E-state index < -0.39 is 48.4 Å². The number of carbonyl (C=O) groups excluding carboxylic acids is 2. The molecule has 1 aliphatic carbocycles. The molecule has 1 unspecified atom stereocenters. The van der Waals surface area contributed by atoms with Gasteiger partial charge in [0.2, 0.25) is 0 Å². The summed E-state index contributed by atoms with van der Waals surface area (Å²) < 4.78 is 40.7. The van der Waals surface area contributed by atoms with Gasteiger partial charge in [0.05, 0.1) is 27.5 Å². The van der Waals surface area contributed by atoms with Crippen LogP contribution in [-0.4, -0.2) is 21.1 Å². The average Bonchev–Trinajstić information content (AvgIpc) is 2.49. The van der Waals surface area contributed by atoms with Gasteiger partial charge in [0.1, 0.15) is 11.6 Å². The molecule has 1 heterocycles. The molecule has 1 saturated carbocycles. The first-order chi connectivity index (χ1) is 11.9. The van der Waals surface area contributed by atoms with Crippen molar-refractivity contribution in [3.05, 3.63) is 34.3 Å². The summed E-state index contributed by atoms with van der Waals surface area (Å²) >= 11 is 0. The Balaban J connectivity index is 2.44. The number of nitrogen functional groups attached to an aromatic ring is 1. The highest BCUT2D eigenvalue weighted by molar-refractivity contribution is 6.03. The van der Waals surface area contributed by atoms with Crippen LogP contribution in [0, 0.1) is 6.92 Å². The molecular formula is C15H15N3O3. The van der Waals surface area contributed by atoms with Gasteiger partial charge in [-0.25, -0.2) is 4.98 Å². The average molecular weight is 290 g/mol. The molecule has 2 aromatic rings. The lowest BCUT2D eigenvalue weighted by molar-refractivity contribution is -0.132. The SMILES string of the molecule is [2H]c1cc2nc(C)n(C3([2H])C(=O)CC(=O)CC3([2H])[2H])c(=O)c2c(N)c1[2H]. The molecule has 1 aromatic carbocycles. The van der Waals surface area contributed by atoms with E-state index in [9.17, 15) is 14.4 Å². The Morgan fingerprint density at radius 2 is 2.29 bits per heavy atom. The van der Waals surface area contributed by atoms with Crippen molar-refractivity contribution in [2.24, 2.45) is 0 Å². The van der Waals surface area contributed by atoms with Crippen LogP contribution in [0.1, 0.15) is 37.9 Å². The number of aryl methyl sites for hydroxylation is 1. The van der Waals surface area contributed by atoms with E-state index in [-0.39, 0.29) is 28.5 Å². The Bertz CT molecular complexity index is 1050. The number of nitrogens with two attached hydrogens (primary N) is 1. The Labute approximate surface area is 127 Å². The molecule has 1 fully saturated rings. The minimum absolute atomic E-state index is 0.0192. The standard InChI is InChI=1S/C15H15N3O3/c1-8-17-11-4-2-3-10(16)14(11)15(21)18(8)12-6-5-9(19)7-13(12)20/h2-4,12H,5-7,16H2,1H3/i2D,3D,6D2,12D. The number of Topliss-reactive ketones (excluding diaryl/α,β-unsaturated/α-hetero) is 2. The van der Waals surface area contributed by atoms with Crippen LogP contribution in [0.15, 0.2) is 22.9 Å². The summed E-state index contributed by atoms with van der Waals surface area (Å²) in [4.78, 5) is 41.2. The van der Waals surface area contributed by atoms with Gasteiger partial charge in [0.15, 0.2) is 5.78 Å². The normalized spacial score (nSPS) is 28.5. The zero-order valence-corrected chi connectivity index (χ0v) is 11.2. The van der Waals surface area contributed by atoms with Crippen molar-refractivity contribution < 1.29 is 16.4 Å². The van der Waals surface area contributed by atoms with Crippen LogP contribution in [-0.2, 0) is 9.59 Å². The van der Waals surface area contributed by atoms with Gasteiger partial charge in [0.25, 0.3) is 5.56 Å². The minimum Gasteiger partial charge on any atom is -0.398 e. The van der Waals surface area contributed by atoms with E-state index in [1.807, 2.05) is 0 Å². The Kier molecular flexibility index (Phi) is 1.99. The quantitative estimate of drug-likeness (QED) is 0.628. The van der Waals surface area contributed by atoms with E-state index in [0.29, 0.717) is 4.57 Å². The third kappa shape index (κ3) is 2.12. The van der Waals surface area contributed by atoms with Gasteiger partial charge in [-0.15, -0.1) is 0 Å². The van der Waals surface area contributed by atoms with Gasteiger partial charge < -0.3 is 5.73 Å². The van der Waals surface area contributed by atoms with Gasteiger partial charge in [0, 0.05) is 14.8 Å². The van der Waals surface area contributed by atoms with Crippen LogP contribution in [0.5, 0.6) is 0 Å². The van der Waals surface area contributed by atoms with E-state index in [2.05, 4.69) is 4.98 Å². The fourth-order valence-corrected chi connectivity index (χ4v) is 2.32. The van der Waals surface area contributed by atoms with Crippen molar-refractivity contribution in [1.29, 1.82) is 0 Å². The topological polar surface area (TPSA) is 95.0 Å². The molecule has 0 bridgehead atoms. The summed E-state index contributed by atoms with van der Waals surface area (Å²) in [6.45, 7) is 1.32. The second-order valence-corrected chi connectivity index (χ2v) is 4.73. The summed E-state index contributed by atoms with van der Waals surface area (Å²) in [5, 5.41) is -0.260. The Hall–Kier alpha value is -2.50. The van der Waals surface area contributed by atoms with Crippen LogP contribution in [0.25, 0.3) is 10.9 Å². The van der Waals surface area contributed by atoms with Crippen LogP contribution in [0.2, 0.25) is 0 Å². The molecule has 6 nitrogen and oxygen atoms in total. The van der Waals surface area contributed by atoms with Crippen LogP contribution in [0.4, 0.5) is 5.69 Å². The molecule has 0 spiro atoms. The van der Waals surface area contributed by atoms with Crippen LogP contribution in [0.3, 0.4) is 0 Å². The molecule has 108 valence electrons. The predicted octanol–water partition coefficient (Wildman–Crippen LogP) is 1.15. The molecule has 21 heavy (non-hydrogen) atoms. The fourth-order valence-electron chi connectivity index (χ4n) is 2.32. The summed E-state index contributed by atoms with van der Waals surface area (Å²) in [5.41, 5.74) is 4.51. The van der Waals surface area contributed by atoms with Crippen molar-refractivity contribution in [3.63, 3.8) is 0 Å². The number of anilines is 1. The molecular weight excluding hydrogens is 270 g/mol. The number of fused-ring (bicyclic) bond motifs is 1. The molecule has 2 N–H and O–H groups in total. The second-order valence-electron chi connectivity index (χ2n) is 4.73. The van der Waals surface area contributed by atoms with Crippen molar-refractivity contribution in [2.45, 2.75) is 32.2 Å². The number of nitrogens with zero attached hydrogens (tertiary/aromatic N) is 2. The van der Waals surface area contributed by atoms with Crippen molar-refractivity contribution in [3.8, 4) is 0 Å². The number of carbonyl (C=O) groups is 2.